The van der Waals surface area contributed by atoms with E-state index >= 15 is 0 Å². The molecule has 0 aromatic rings. The van der Waals surface area contributed by atoms with Crippen molar-refractivity contribution in [2.45, 2.75) is 44.7 Å². The van der Waals surface area contributed by atoms with Gasteiger partial charge in [-0.2, -0.15) is 0 Å². The lowest BCUT2D eigenvalue weighted by molar-refractivity contribution is -0.0225. The van der Waals surface area contributed by atoms with Crippen LogP contribution in [-0.4, -0.2) is 49.8 Å². The molecular weight excluding hydrogens is 188 g/mol. The second-order valence-electron chi connectivity index (χ2n) is 4.73. The lowest BCUT2D eigenvalue weighted by Gasteiger charge is -2.47. The Morgan fingerprint density at radius 3 is 2.67 bits per heavy atom. The van der Waals surface area contributed by atoms with Crippen LogP contribution in [0.3, 0.4) is 0 Å². The number of nitrogens with zero attached hydrogens (tertiary/aromatic N) is 1. The van der Waals surface area contributed by atoms with Crippen molar-refractivity contribution >= 4 is 0 Å². The van der Waals surface area contributed by atoms with E-state index in [0.717, 1.165) is 31.8 Å². The molecule has 1 unspecified atom stereocenters. The molecular formula is C12H24N2O. The molecule has 0 bridgehead atoms. The summed E-state index contributed by atoms with van der Waals surface area (Å²) in [5.41, 5.74) is 0. The highest BCUT2D eigenvalue weighted by Gasteiger charge is 2.33. The third kappa shape index (κ3) is 2.92. The second kappa shape index (κ2) is 5.83. The van der Waals surface area contributed by atoms with Crippen LogP contribution >= 0.6 is 0 Å². The minimum atomic E-state index is 0.805. The fraction of sp³-hybridized carbons (Fsp3) is 1.00. The highest BCUT2D eigenvalue weighted by molar-refractivity contribution is 4.90. The van der Waals surface area contributed by atoms with Crippen LogP contribution in [0.25, 0.3) is 0 Å². The first-order chi connectivity index (χ1) is 7.42. The van der Waals surface area contributed by atoms with E-state index in [0.29, 0.717) is 0 Å². The molecule has 2 saturated heterocycles. The van der Waals surface area contributed by atoms with Gasteiger partial charge in [-0.1, -0.05) is 6.92 Å². The van der Waals surface area contributed by atoms with Gasteiger partial charge in [-0.15, -0.1) is 0 Å². The maximum atomic E-state index is 5.41. The van der Waals surface area contributed by atoms with Gasteiger partial charge in [0.25, 0.3) is 0 Å². The molecule has 3 nitrogen and oxygen atoms in total. The smallest absolute Gasteiger partial charge is 0.0480 e. The summed E-state index contributed by atoms with van der Waals surface area (Å²) in [4.78, 5) is 2.69. The topological polar surface area (TPSA) is 24.5 Å². The van der Waals surface area contributed by atoms with Crippen molar-refractivity contribution in [1.29, 1.82) is 0 Å². The summed E-state index contributed by atoms with van der Waals surface area (Å²) in [5, 5.41) is 3.53. The zero-order valence-corrected chi connectivity index (χ0v) is 9.87. The Kier molecular flexibility index (Phi) is 4.42. The average molecular weight is 212 g/mol. The number of hydrogen-bond donors (Lipinski definition) is 1. The summed E-state index contributed by atoms with van der Waals surface area (Å²) >= 11 is 0. The molecule has 0 aromatic carbocycles. The van der Waals surface area contributed by atoms with Crippen LogP contribution in [-0.2, 0) is 4.74 Å². The molecule has 0 aromatic heterocycles. The molecule has 0 radical (unpaired) electrons. The number of ether oxygens (including phenoxy) is 1. The second-order valence-corrected chi connectivity index (χ2v) is 4.73. The van der Waals surface area contributed by atoms with E-state index in [1.165, 1.54) is 38.8 Å². The molecule has 88 valence electrons. The van der Waals surface area contributed by atoms with Crippen LogP contribution in [0, 0.1) is 0 Å². The highest BCUT2D eigenvalue weighted by Crippen LogP contribution is 2.25. The molecule has 2 aliphatic rings. The largest absolute Gasteiger partial charge is 0.381 e. The number of rotatable bonds is 5. The van der Waals surface area contributed by atoms with Gasteiger partial charge in [-0.05, 0) is 32.2 Å². The predicted molar refractivity (Wildman–Crippen MR) is 62.1 cm³/mol. The van der Waals surface area contributed by atoms with E-state index < -0.39 is 0 Å². The van der Waals surface area contributed by atoms with Gasteiger partial charge in [0.15, 0.2) is 0 Å². The zero-order chi connectivity index (χ0) is 10.5. The van der Waals surface area contributed by atoms with Crippen LogP contribution in [0.5, 0.6) is 0 Å². The van der Waals surface area contributed by atoms with E-state index in [9.17, 15) is 0 Å². The van der Waals surface area contributed by atoms with E-state index in [1.54, 1.807) is 0 Å². The quantitative estimate of drug-likeness (QED) is 0.694. The van der Waals surface area contributed by atoms with Gasteiger partial charge < -0.3 is 10.1 Å². The lowest BCUT2D eigenvalue weighted by Crippen LogP contribution is -2.58. The Bertz CT molecular complexity index is 180. The van der Waals surface area contributed by atoms with E-state index in [4.69, 9.17) is 4.74 Å². The Morgan fingerprint density at radius 1 is 1.27 bits per heavy atom. The van der Waals surface area contributed by atoms with Crippen molar-refractivity contribution in [2.75, 3.05) is 32.8 Å². The summed E-state index contributed by atoms with van der Waals surface area (Å²) in [6.45, 7) is 7.82. The van der Waals surface area contributed by atoms with Crippen molar-refractivity contribution in [2.24, 2.45) is 0 Å². The van der Waals surface area contributed by atoms with Crippen molar-refractivity contribution in [3.63, 3.8) is 0 Å². The normalized spacial score (nSPS) is 29.0. The van der Waals surface area contributed by atoms with Crippen LogP contribution in [0.2, 0.25) is 0 Å². The van der Waals surface area contributed by atoms with Crippen LogP contribution < -0.4 is 5.32 Å². The van der Waals surface area contributed by atoms with E-state index in [-0.39, 0.29) is 0 Å². The molecule has 0 saturated carbocycles. The summed E-state index contributed by atoms with van der Waals surface area (Å²) in [6.07, 6.45) is 5.10. The average Bonchev–Trinajstić information content (AvgIpc) is 2.24. The Hall–Kier alpha value is -0.120. The molecule has 1 atom stereocenters. The number of hydrogen-bond acceptors (Lipinski definition) is 3. The summed E-state index contributed by atoms with van der Waals surface area (Å²) in [6, 6.07) is 1.61. The van der Waals surface area contributed by atoms with Gasteiger partial charge in [-0.3, -0.25) is 4.90 Å². The fourth-order valence-corrected chi connectivity index (χ4v) is 2.62. The first kappa shape index (κ1) is 11.4. The Morgan fingerprint density at radius 2 is 2.07 bits per heavy atom. The molecule has 2 fully saturated rings. The Labute approximate surface area is 93.2 Å². The minimum Gasteiger partial charge on any atom is -0.381 e. The van der Waals surface area contributed by atoms with Gasteiger partial charge in [0.1, 0.15) is 0 Å². The molecule has 0 aliphatic carbocycles. The lowest BCUT2D eigenvalue weighted by atomic mass is 9.95. The molecule has 1 N–H and O–H groups in total. The van der Waals surface area contributed by atoms with Crippen LogP contribution in [0.15, 0.2) is 0 Å². The molecule has 2 rings (SSSR count). The molecule has 0 spiro atoms. The van der Waals surface area contributed by atoms with Crippen molar-refractivity contribution in [3.05, 3.63) is 0 Å². The maximum Gasteiger partial charge on any atom is 0.0480 e. The van der Waals surface area contributed by atoms with Crippen LogP contribution in [0.4, 0.5) is 0 Å². The third-order valence-electron chi connectivity index (χ3n) is 3.66. The van der Waals surface area contributed by atoms with Gasteiger partial charge >= 0.3 is 0 Å². The first-order valence-corrected chi connectivity index (χ1v) is 6.46. The molecule has 2 aliphatic heterocycles. The Balaban J connectivity index is 1.68. The number of likely N-dealkylation sites (tertiary alicyclic amines) is 1. The van der Waals surface area contributed by atoms with Gasteiger partial charge in [0, 0.05) is 38.4 Å². The zero-order valence-electron chi connectivity index (χ0n) is 9.87. The van der Waals surface area contributed by atoms with E-state index in [1.807, 2.05) is 0 Å². The highest BCUT2D eigenvalue weighted by atomic mass is 16.5. The van der Waals surface area contributed by atoms with Gasteiger partial charge in [-0.25, -0.2) is 0 Å². The van der Waals surface area contributed by atoms with Gasteiger partial charge in [0.2, 0.25) is 0 Å². The maximum absolute atomic E-state index is 5.41. The summed E-state index contributed by atoms with van der Waals surface area (Å²) < 4.78 is 5.41. The molecule has 3 heteroatoms. The number of nitrogens with one attached hydrogen (secondary N) is 1. The van der Waals surface area contributed by atoms with Crippen LogP contribution in [0.1, 0.15) is 32.6 Å². The first-order valence-electron chi connectivity index (χ1n) is 6.46. The summed E-state index contributed by atoms with van der Waals surface area (Å²) in [5.74, 6) is 0. The molecule has 15 heavy (non-hydrogen) atoms. The van der Waals surface area contributed by atoms with Crippen molar-refractivity contribution in [1.82, 2.24) is 10.2 Å². The van der Waals surface area contributed by atoms with Crippen molar-refractivity contribution in [3.8, 4) is 0 Å². The van der Waals surface area contributed by atoms with E-state index in [2.05, 4.69) is 17.1 Å². The SMILES string of the molecule is CCCNCC1CCN1C1CCOCC1. The minimum absolute atomic E-state index is 0.805. The third-order valence-corrected chi connectivity index (χ3v) is 3.66. The monoisotopic (exact) mass is 212 g/mol. The standard InChI is InChI=1S/C12H24N2O/c1-2-6-13-10-12-3-7-14(12)11-4-8-15-9-5-11/h11-13H,2-10H2,1H3. The van der Waals surface area contributed by atoms with Crippen molar-refractivity contribution < 1.29 is 4.74 Å². The van der Waals surface area contributed by atoms with Gasteiger partial charge in [0.05, 0.1) is 0 Å². The predicted octanol–water partition coefficient (Wildman–Crippen LogP) is 1.24. The fourth-order valence-electron chi connectivity index (χ4n) is 2.62. The molecule has 0 amide bonds. The summed E-state index contributed by atoms with van der Waals surface area (Å²) in [7, 11) is 0. The molecule has 2 heterocycles.